The first-order chi connectivity index (χ1) is 16.8. The van der Waals surface area contributed by atoms with Crippen molar-refractivity contribution in [2.24, 2.45) is 0 Å². The van der Waals surface area contributed by atoms with E-state index in [0.29, 0.717) is 0 Å². The molecule has 0 saturated carbocycles. The van der Waals surface area contributed by atoms with E-state index in [2.05, 4.69) is 94.5 Å². The lowest BCUT2D eigenvalue weighted by Gasteiger charge is -2.40. The first-order valence-corrected chi connectivity index (χ1v) is 12.8. The molecule has 1 fully saturated rings. The molecule has 3 aromatic carbocycles. The van der Waals surface area contributed by atoms with Crippen molar-refractivity contribution < 1.29 is 0 Å². The monoisotopic (exact) mass is 452 g/mol. The maximum atomic E-state index is 4.91. The summed E-state index contributed by atoms with van der Waals surface area (Å²) in [4.78, 5) is 13.8. The quantitative estimate of drug-likeness (QED) is 0.288. The molecule has 0 amide bonds. The van der Waals surface area contributed by atoms with Gasteiger partial charge in [-0.2, -0.15) is 0 Å². The average Bonchev–Trinajstić information content (AvgIpc) is 3.38. The minimum atomic E-state index is 0.273. The summed E-state index contributed by atoms with van der Waals surface area (Å²) in [5, 5.41) is 2.53. The summed E-state index contributed by atoms with van der Waals surface area (Å²) in [5.41, 5.74) is 3.66. The summed E-state index contributed by atoms with van der Waals surface area (Å²) in [6.45, 7) is 7.66. The Balaban J connectivity index is 1.36. The molecule has 1 atom stereocenters. The van der Waals surface area contributed by atoms with E-state index in [1.54, 1.807) is 0 Å². The molecule has 0 spiro atoms. The molecule has 1 aliphatic heterocycles. The fourth-order valence-corrected chi connectivity index (χ4v) is 5.12. The number of fused-ring (bicyclic) bond motifs is 1. The van der Waals surface area contributed by atoms with Gasteiger partial charge in [-0.25, -0.2) is 4.98 Å². The van der Waals surface area contributed by atoms with E-state index in [9.17, 15) is 0 Å². The van der Waals surface area contributed by atoms with Gasteiger partial charge in [-0.3, -0.25) is 4.90 Å². The van der Waals surface area contributed by atoms with Crippen LogP contribution in [0.25, 0.3) is 22.0 Å². The van der Waals surface area contributed by atoms with Crippen molar-refractivity contribution >= 4 is 10.8 Å². The molecule has 0 radical (unpaired) electrons. The summed E-state index contributed by atoms with van der Waals surface area (Å²) >= 11 is 0. The zero-order valence-electron chi connectivity index (χ0n) is 20.3. The normalized spacial score (nSPS) is 17.4. The number of rotatable bonds is 9. The number of H-pyrrole nitrogens is 1. The van der Waals surface area contributed by atoms with E-state index in [1.165, 1.54) is 54.1 Å². The van der Waals surface area contributed by atoms with Gasteiger partial charge < -0.3 is 9.88 Å². The molecule has 1 aromatic heterocycles. The first-order valence-electron chi connectivity index (χ1n) is 12.8. The van der Waals surface area contributed by atoms with Crippen molar-refractivity contribution in [3.8, 4) is 11.3 Å². The lowest BCUT2D eigenvalue weighted by Crippen LogP contribution is -2.48. The van der Waals surface area contributed by atoms with Gasteiger partial charge in [0.15, 0.2) is 0 Å². The van der Waals surface area contributed by atoms with Crippen molar-refractivity contribution in [3.05, 3.63) is 90.4 Å². The second-order valence-electron chi connectivity index (χ2n) is 9.58. The van der Waals surface area contributed by atoms with Gasteiger partial charge in [0.05, 0.1) is 17.9 Å². The van der Waals surface area contributed by atoms with E-state index < -0.39 is 0 Å². The van der Waals surface area contributed by atoms with Crippen LogP contribution >= 0.6 is 0 Å². The molecular weight excluding hydrogens is 416 g/mol. The van der Waals surface area contributed by atoms with Gasteiger partial charge in [0.25, 0.3) is 0 Å². The molecule has 0 aliphatic carbocycles. The highest BCUT2D eigenvalue weighted by molar-refractivity contribution is 5.86. The van der Waals surface area contributed by atoms with Crippen molar-refractivity contribution in [1.29, 1.82) is 0 Å². The minimum Gasteiger partial charge on any atom is -0.341 e. The first kappa shape index (κ1) is 22.8. The smallest absolute Gasteiger partial charge is 0.125 e. The van der Waals surface area contributed by atoms with E-state index in [-0.39, 0.29) is 6.04 Å². The summed E-state index contributed by atoms with van der Waals surface area (Å²) in [6.07, 6.45) is 7.26. The van der Waals surface area contributed by atoms with Gasteiger partial charge in [-0.15, -0.1) is 0 Å². The summed E-state index contributed by atoms with van der Waals surface area (Å²) in [5.74, 6) is 1.08. The number of aromatic amines is 1. The molecule has 1 saturated heterocycles. The number of piperazine rings is 1. The number of unbranched alkanes of at least 4 members (excludes halogenated alkanes) is 3. The van der Waals surface area contributed by atoms with Crippen molar-refractivity contribution in [2.75, 3.05) is 26.2 Å². The van der Waals surface area contributed by atoms with Crippen LogP contribution in [0.2, 0.25) is 0 Å². The molecule has 0 bridgehead atoms. The Kier molecular flexibility index (Phi) is 7.37. The Labute approximate surface area is 203 Å². The van der Waals surface area contributed by atoms with Gasteiger partial charge in [-0.05, 0) is 35.4 Å². The molecule has 1 aliphatic rings. The van der Waals surface area contributed by atoms with E-state index in [4.69, 9.17) is 4.98 Å². The molecule has 4 nitrogen and oxygen atoms in total. The number of nitrogens with one attached hydrogen (secondary N) is 1. The Morgan fingerprint density at radius 3 is 2.56 bits per heavy atom. The lowest BCUT2D eigenvalue weighted by atomic mass is 10.1. The van der Waals surface area contributed by atoms with Crippen LogP contribution in [0.15, 0.2) is 79.0 Å². The van der Waals surface area contributed by atoms with Gasteiger partial charge in [0.2, 0.25) is 0 Å². The minimum absolute atomic E-state index is 0.273. The number of nitrogens with zero attached hydrogens (tertiary/aromatic N) is 3. The van der Waals surface area contributed by atoms with Gasteiger partial charge in [0, 0.05) is 31.7 Å². The highest BCUT2D eigenvalue weighted by Crippen LogP contribution is 2.29. The molecule has 5 rings (SSSR count). The molecule has 4 heteroatoms. The fraction of sp³-hybridized carbons (Fsp3) is 0.367. The SMILES string of the molecule is CCCCCCN1CCN(Cc2ccccc2)C(c2ncc(-c3ccc4ccccc4c3)[nH]2)C1. The average molecular weight is 453 g/mol. The maximum absolute atomic E-state index is 4.91. The van der Waals surface area contributed by atoms with Crippen LogP contribution in [-0.4, -0.2) is 45.9 Å². The zero-order chi connectivity index (χ0) is 23.2. The maximum Gasteiger partial charge on any atom is 0.125 e. The topological polar surface area (TPSA) is 35.2 Å². The molecule has 1 unspecified atom stereocenters. The lowest BCUT2D eigenvalue weighted by molar-refractivity contribution is 0.0629. The van der Waals surface area contributed by atoms with Crippen LogP contribution in [-0.2, 0) is 6.54 Å². The van der Waals surface area contributed by atoms with Crippen LogP contribution in [0.4, 0.5) is 0 Å². The summed E-state index contributed by atoms with van der Waals surface area (Å²) in [7, 11) is 0. The predicted octanol–water partition coefficient (Wildman–Crippen LogP) is 6.67. The zero-order valence-corrected chi connectivity index (χ0v) is 20.3. The number of hydrogen-bond donors (Lipinski definition) is 1. The van der Waals surface area contributed by atoms with Crippen molar-refractivity contribution in [1.82, 2.24) is 19.8 Å². The molecule has 4 aromatic rings. The number of hydrogen-bond acceptors (Lipinski definition) is 3. The van der Waals surface area contributed by atoms with E-state index in [0.717, 1.165) is 37.7 Å². The van der Waals surface area contributed by atoms with Crippen LogP contribution in [0.3, 0.4) is 0 Å². The highest BCUT2D eigenvalue weighted by Gasteiger charge is 2.30. The number of benzene rings is 3. The van der Waals surface area contributed by atoms with Gasteiger partial charge in [-0.1, -0.05) is 92.9 Å². The third kappa shape index (κ3) is 5.40. The van der Waals surface area contributed by atoms with E-state index in [1.807, 2.05) is 6.20 Å². The fourth-order valence-electron chi connectivity index (χ4n) is 5.12. The summed E-state index contributed by atoms with van der Waals surface area (Å²) < 4.78 is 0. The molecular formula is C30H36N4. The third-order valence-corrected chi connectivity index (χ3v) is 7.10. The van der Waals surface area contributed by atoms with Gasteiger partial charge >= 0.3 is 0 Å². The molecule has 2 heterocycles. The van der Waals surface area contributed by atoms with Crippen LogP contribution in [0.1, 0.15) is 50.0 Å². The molecule has 34 heavy (non-hydrogen) atoms. The Bertz CT molecular complexity index is 1180. The standard InChI is InChI=1S/C30H36N4/c1-2-3-4-10-17-33-18-19-34(22-24-11-6-5-7-12-24)29(23-33)30-31-21-28(32-30)27-16-15-25-13-8-9-14-26(25)20-27/h5-9,11-16,20-21,29H,2-4,10,17-19,22-23H2,1H3,(H,31,32). The summed E-state index contributed by atoms with van der Waals surface area (Å²) in [6, 6.07) is 26.3. The van der Waals surface area contributed by atoms with Crippen molar-refractivity contribution in [2.45, 2.75) is 45.2 Å². The third-order valence-electron chi connectivity index (χ3n) is 7.10. The molecule has 1 N–H and O–H groups in total. The van der Waals surface area contributed by atoms with Crippen molar-refractivity contribution in [3.63, 3.8) is 0 Å². The second-order valence-corrected chi connectivity index (χ2v) is 9.58. The Morgan fingerprint density at radius 2 is 1.71 bits per heavy atom. The number of aromatic nitrogens is 2. The van der Waals surface area contributed by atoms with Gasteiger partial charge in [0.1, 0.15) is 5.82 Å². The second kappa shape index (κ2) is 11.0. The Hall–Kier alpha value is -2.95. The highest BCUT2D eigenvalue weighted by atomic mass is 15.3. The predicted molar refractivity (Wildman–Crippen MR) is 142 cm³/mol. The van der Waals surface area contributed by atoms with E-state index >= 15 is 0 Å². The van der Waals surface area contributed by atoms with Crippen LogP contribution in [0.5, 0.6) is 0 Å². The van der Waals surface area contributed by atoms with Crippen LogP contribution in [0, 0.1) is 0 Å². The molecule has 176 valence electrons. The largest absolute Gasteiger partial charge is 0.341 e. The van der Waals surface area contributed by atoms with Crippen LogP contribution < -0.4 is 0 Å². The number of imidazole rings is 1. The Morgan fingerprint density at radius 1 is 0.882 bits per heavy atom.